The molecule has 0 aliphatic carbocycles. The Bertz CT molecular complexity index is 1420. The van der Waals surface area contributed by atoms with Crippen LogP contribution < -0.4 is 20.1 Å². The lowest BCUT2D eigenvalue weighted by molar-refractivity contribution is -0.113. The van der Waals surface area contributed by atoms with Gasteiger partial charge in [-0.1, -0.05) is 53.1 Å². The zero-order chi connectivity index (χ0) is 25.1. The number of carbonyl (C=O) groups excluding carboxylic acids is 1. The molecular weight excluding hydrogens is 480 g/mol. The Hall–Kier alpha value is -4.37. The van der Waals surface area contributed by atoms with E-state index in [0.29, 0.717) is 46.0 Å². The highest BCUT2D eigenvalue weighted by molar-refractivity contribution is 6.30. The van der Waals surface area contributed by atoms with Gasteiger partial charge in [-0.2, -0.15) is 4.68 Å². The van der Waals surface area contributed by atoms with Crippen LogP contribution in [0.15, 0.2) is 84.1 Å². The fraction of sp³-hybridized carbons (Fsp3) is 0.154. The van der Waals surface area contributed by atoms with Gasteiger partial charge in [0.1, 0.15) is 24.1 Å². The predicted molar refractivity (Wildman–Crippen MR) is 136 cm³/mol. The lowest BCUT2D eigenvalue weighted by atomic mass is 9.95. The van der Waals surface area contributed by atoms with Crippen LogP contribution in [0.4, 0.5) is 11.6 Å². The number of aromatic nitrogens is 4. The van der Waals surface area contributed by atoms with E-state index in [1.807, 2.05) is 67.6 Å². The molecule has 1 aliphatic rings. The molecule has 0 bridgehead atoms. The number of nitrogens with zero attached hydrogens (tertiary/aromatic N) is 4. The summed E-state index contributed by atoms with van der Waals surface area (Å²) >= 11 is 5.95. The maximum atomic E-state index is 13.5. The number of nitrogens with one attached hydrogen (secondary N) is 2. The maximum Gasteiger partial charge on any atom is 0.255 e. The lowest BCUT2D eigenvalue weighted by Gasteiger charge is -2.28. The Morgan fingerprint density at radius 2 is 1.83 bits per heavy atom. The highest BCUT2D eigenvalue weighted by atomic mass is 35.5. The number of ether oxygens (including phenoxy) is 2. The van der Waals surface area contributed by atoms with Crippen LogP contribution in [-0.4, -0.2) is 33.2 Å². The number of amides is 1. The normalized spacial score (nSPS) is 14.6. The average Bonchev–Trinajstić information content (AvgIpc) is 3.36. The fourth-order valence-electron chi connectivity index (χ4n) is 4.05. The quantitative estimate of drug-likeness (QED) is 0.372. The van der Waals surface area contributed by atoms with Crippen LogP contribution in [0.2, 0.25) is 5.02 Å². The van der Waals surface area contributed by atoms with E-state index in [2.05, 4.69) is 26.2 Å². The number of methoxy groups -OCH3 is 1. The van der Waals surface area contributed by atoms with Gasteiger partial charge in [-0.15, -0.1) is 0 Å². The highest BCUT2D eigenvalue weighted by Crippen LogP contribution is 2.36. The second-order valence-electron chi connectivity index (χ2n) is 8.15. The molecule has 0 spiro atoms. The molecule has 1 aliphatic heterocycles. The number of carbonyl (C=O) groups is 1. The van der Waals surface area contributed by atoms with Crippen LogP contribution >= 0.6 is 11.6 Å². The topological polar surface area (TPSA) is 103 Å². The first-order chi connectivity index (χ1) is 17.5. The Morgan fingerprint density at radius 1 is 1.08 bits per heavy atom. The lowest BCUT2D eigenvalue weighted by Crippen LogP contribution is -2.31. The van der Waals surface area contributed by atoms with Crippen molar-refractivity contribution in [1.82, 2.24) is 20.2 Å². The van der Waals surface area contributed by atoms with Crippen molar-refractivity contribution in [1.29, 1.82) is 0 Å². The molecule has 2 N–H and O–H groups in total. The minimum atomic E-state index is -0.545. The van der Waals surface area contributed by atoms with Crippen LogP contribution in [0.1, 0.15) is 24.1 Å². The Balaban J connectivity index is 1.41. The van der Waals surface area contributed by atoms with Crippen molar-refractivity contribution in [3.8, 4) is 11.5 Å². The van der Waals surface area contributed by atoms with Crippen LogP contribution in [0.3, 0.4) is 0 Å². The highest BCUT2D eigenvalue weighted by Gasteiger charge is 2.34. The standard InChI is InChI=1S/C26H23ClN6O3/c1-16-23(25(34)29-21-5-3-4-6-22(21)35-2)24(33-26(28-16)30-31-32-33)18-9-13-20(14-10-18)36-15-17-7-11-19(27)12-8-17/h3-14,24H,15H2,1-2H3,(H,29,34)(H,28,30,32). The molecule has 1 amide bonds. The van der Waals surface area contributed by atoms with Crippen LogP contribution in [0, 0.1) is 0 Å². The second-order valence-corrected chi connectivity index (χ2v) is 8.59. The molecule has 3 aromatic carbocycles. The summed E-state index contributed by atoms with van der Waals surface area (Å²) in [7, 11) is 1.56. The Labute approximate surface area is 212 Å². The number of anilines is 2. The molecule has 2 heterocycles. The summed E-state index contributed by atoms with van der Waals surface area (Å²) in [5, 5.41) is 18.7. The van der Waals surface area contributed by atoms with Gasteiger partial charge in [0.15, 0.2) is 0 Å². The summed E-state index contributed by atoms with van der Waals surface area (Å²) in [4.78, 5) is 13.5. The molecule has 182 valence electrons. The van der Waals surface area contributed by atoms with Crippen molar-refractivity contribution in [3.05, 3.63) is 100 Å². The summed E-state index contributed by atoms with van der Waals surface area (Å²) in [6.07, 6.45) is 0. The van der Waals surface area contributed by atoms with Crippen molar-refractivity contribution in [2.45, 2.75) is 19.6 Å². The molecule has 1 atom stereocenters. The van der Waals surface area contributed by atoms with Crippen molar-refractivity contribution < 1.29 is 14.3 Å². The van der Waals surface area contributed by atoms with E-state index >= 15 is 0 Å². The number of tetrazole rings is 1. The van der Waals surface area contributed by atoms with E-state index in [0.717, 1.165) is 11.1 Å². The molecule has 1 aromatic heterocycles. The summed E-state index contributed by atoms with van der Waals surface area (Å²) in [5.74, 6) is 1.42. The molecule has 10 heteroatoms. The third kappa shape index (κ3) is 4.73. The SMILES string of the molecule is COc1ccccc1NC(=O)C1=C(C)Nc2nnnn2C1c1ccc(OCc2ccc(Cl)cc2)cc1. The molecular formula is C26H23ClN6O3. The molecule has 5 rings (SSSR count). The molecule has 1 unspecified atom stereocenters. The predicted octanol–water partition coefficient (Wildman–Crippen LogP) is 4.84. The van der Waals surface area contributed by atoms with Gasteiger partial charge in [-0.3, -0.25) is 4.79 Å². The van der Waals surface area contributed by atoms with Crippen molar-refractivity contribution >= 4 is 29.1 Å². The summed E-state index contributed by atoms with van der Waals surface area (Å²) in [6.45, 7) is 2.23. The van der Waals surface area contributed by atoms with E-state index < -0.39 is 6.04 Å². The first-order valence-electron chi connectivity index (χ1n) is 11.2. The molecule has 36 heavy (non-hydrogen) atoms. The van der Waals surface area contributed by atoms with E-state index in [-0.39, 0.29) is 5.91 Å². The van der Waals surface area contributed by atoms with Gasteiger partial charge in [0, 0.05) is 10.7 Å². The smallest absolute Gasteiger partial charge is 0.255 e. The minimum Gasteiger partial charge on any atom is -0.495 e. The van der Waals surface area contributed by atoms with Crippen LogP contribution in [0.5, 0.6) is 11.5 Å². The average molecular weight is 503 g/mol. The largest absolute Gasteiger partial charge is 0.495 e. The minimum absolute atomic E-state index is 0.293. The number of fused-ring (bicyclic) bond motifs is 1. The fourth-order valence-corrected chi connectivity index (χ4v) is 4.17. The van der Waals surface area contributed by atoms with Crippen LogP contribution in [-0.2, 0) is 11.4 Å². The summed E-state index contributed by atoms with van der Waals surface area (Å²) in [5.41, 5.74) is 3.54. The number of para-hydroxylation sites is 2. The maximum absolute atomic E-state index is 13.5. The van der Waals surface area contributed by atoms with Gasteiger partial charge in [0.05, 0.1) is 18.4 Å². The molecule has 9 nitrogen and oxygen atoms in total. The number of hydrogen-bond acceptors (Lipinski definition) is 7. The number of allylic oxidation sites excluding steroid dienone is 1. The molecule has 0 fully saturated rings. The monoisotopic (exact) mass is 502 g/mol. The Kier molecular flexibility index (Phi) is 6.55. The second kappa shape index (κ2) is 10.1. The number of benzene rings is 3. The number of rotatable bonds is 7. The summed E-state index contributed by atoms with van der Waals surface area (Å²) < 4.78 is 12.9. The number of halogens is 1. The molecule has 0 saturated carbocycles. The zero-order valence-corrected chi connectivity index (χ0v) is 20.4. The van der Waals surface area contributed by atoms with E-state index in [1.165, 1.54) is 0 Å². The zero-order valence-electron chi connectivity index (χ0n) is 19.6. The molecule has 0 radical (unpaired) electrons. The third-order valence-electron chi connectivity index (χ3n) is 5.83. The summed E-state index contributed by atoms with van der Waals surface area (Å²) in [6, 6.07) is 21.7. The third-order valence-corrected chi connectivity index (χ3v) is 6.08. The van der Waals surface area contributed by atoms with E-state index in [1.54, 1.807) is 23.9 Å². The number of hydrogen-bond donors (Lipinski definition) is 2. The van der Waals surface area contributed by atoms with Crippen molar-refractivity contribution in [2.24, 2.45) is 0 Å². The Morgan fingerprint density at radius 3 is 2.58 bits per heavy atom. The van der Waals surface area contributed by atoms with Gasteiger partial charge in [0.2, 0.25) is 5.95 Å². The molecule has 4 aromatic rings. The van der Waals surface area contributed by atoms with E-state index in [9.17, 15) is 4.79 Å². The first-order valence-corrected chi connectivity index (χ1v) is 11.6. The van der Waals surface area contributed by atoms with Crippen LogP contribution in [0.25, 0.3) is 0 Å². The van der Waals surface area contributed by atoms with Gasteiger partial charge in [-0.25, -0.2) is 0 Å². The van der Waals surface area contributed by atoms with Gasteiger partial charge in [-0.05, 0) is 64.9 Å². The molecule has 0 saturated heterocycles. The van der Waals surface area contributed by atoms with Crippen molar-refractivity contribution in [2.75, 3.05) is 17.7 Å². The van der Waals surface area contributed by atoms with Gasteiger partial charge >= 0.3 is 0 Å². The van der Waals surface area contributed by atoms with Crippen molar-refractivity contribution in [3.63, 3.8) is 0 Å². The van der Waals surface area contributed by atoms with Gasteiger partial charge < -0.3 is 20.1 Å². The van der Waals surface area contributed by atoms with E-state index in [4.69, 9.17) is 21.1 Å². The first kappa shape index (κ1) is 23.4. The van der Waals surface area contributed by atoms with Gasteiger partial charge in [0.25, 0.3) is 5.91 Å².